The zero-order valence-electron chi connectivity index (χ0n) is 19.5. The molecule has 0 N–H and O–H groups in total. The van der Waals surface area contributed by atoms with E-state index in [-0.39, 0.29) is 21.2 Å². The quantitative estimate of drug-likeness (QED) is 0.254. The summed E-state index contributed by atoms with van der Waals surface area (Å²) in [6, 6.07) is 7.11. The van der Waals surface area contributed by atoms with Crippen LogP contribution >= 0.6 is 19.8 Å². The van der Waals surface area contributed by atoms with Crippen LogP contribution in [0.3, 0.4) is 0 Å². The standard InChI is InChI=1S/C22H37IN2O4/c1-16(28-19(26)23(6)7)17-11-13-18(14-12-17)29-20(27)25(10)22(4,5)15-21(2,3)24(8)9/h11-14,16H,15H2,1-10H3. The van der Waals surface area contributed by atoms with E-state index >= 15 is 0 Å². The third-order valence-corrected chi connectivity index (χ3v) is 7.41. The summed E-state index contributed by atoms with van der Waals surface area (Å²) in [5.74, 6) is 0.464. The van der Waals surface area contributed by atoms with Gasteiger partial charge in [0.05, 0.1) is 0 Å². The molecule has 1 rings (SSSR count). The van der Waals surface area contributed by atoms with Crippen LogP contribution in [0.1, 0.15) is 52.7 Å². The summed E-state index contributed by atoms with van der Waals surface area (Å²) < 4.78 is 11.0. The van der Waals surface area contributed by atoms with Gasteiger partial charge in [0, 0.05) is 5.54 Å². The first-order valence-corrected chi connectivity index (χ1v) is 15.0. The van der Waals surface area contributed by atoms with Gasteiger partial charge in [0.2, 0.25) is 0 Å². The van der Waals surface area contributed by atoms with Gasteiger partial charge in [-0.2, -0.15) is 0 Å². The Balaban J connectivity index is 2.77. The minimum absolute atomic E-state index is 0.0630. The van der Waals surface area contributed by atoms with Gasteiger partial charge in [-0.05, 0) is 27.9 Å². The van der Waals surface area contributed by atoms with Crippen LogP contribution < -0.4 is 4.74 Å². The van der Waals surface area contributed by atoms with E-state index < -0.39 is 25.9 Å². The van der Waals surface area contributed by atoms with Crippen LogP contribution in [0.15, 0.2) is 24.3 Å². The van der Waals surface area contributed by atoms with Gasteiger partial charge in [0.15, 0.2) is 0 Å². The van der Waals surface area contributed by atoms with Crippen LogP contribution in [0.4, 0.5) is 9.59 Å². The first kappa shape index (κ1) is 25.7. The van der Waals surface area contributed by atoms with Gasteiger partial charge in [-0.15, -0.1) is 0 Å². The molecule has 0 saturated carbocycles. The summed E-state index contributed by atoms with van der Waals surface area (Å²) >= 11 is -1.63. The second-order valence-electron chi connectivity index (χ2n) is 8.95. The molecule has 7 heteroatoms. The van der Waals surface area contributed by atoms with E-state index in [0.29, 0.717) is 5.75 Å². The molecule has 29 heavy (non-hydrogen) atoms. The molecule has 1 amide bonds. The Kier molecular flexibility index (Phi) is 8.95. The molecule has 1 unspecified atom stereocenters. The molecule has 0 heterocycles. The maximum atomic E-state index is 12.7. The van der Waals surface area contributed by atoms with E-state index in [9.17, 15) is 9.59 Å². The number of carbonyl (C=O) groups is 2. The molecule has 0 aliphatic rings. The number of alkyl halides is 2. The number of ether oxygens (including phenoxy) is 2. The molecule has 0 aliphatic carbocycles. The number of nitrogens with zero attached hydrogens (tertiary/aromatic N) is 2. The van der Waals surface area contributed by atoms with Crippen molar-refractivity contribution in [1.82, 2.24) is 9.80 Å². The second-order valence-corrected chi connectivity index (χ2v) is 14.1. The number of hydrogen-bond donors (Lipinski definition) is 0. The van der Waals surface area contributed by atoms with E-state index in [1.807, 2.05) is 56.9 Å². The fraction of sp³-hybridized carbons (Fsp3) is 0.636. The van der Waals surface area contributed by atoms with Crippen molar-refractivity contribution in [3.63, 3.8) is 0 Å². The summed E-state index contributed by atoms with van der Waals surface area (Å²) in [6.07, 6.45) is 0.0743. The molecule has 1 aromatic carbocycles. The minimum atomic E-state index is -1.63. The molecule has 0 aliphatic heterocycles. The molecule has 1 atom stereocenters. The summed E-state index contributed by atoms with van der Waals surface area (Å²) in [6.45, 7) is 10.2. The van der Waals surface area contributed by atoms with E-state index in [2.05, 4.69) is 18.7 Å². The number of benzene rings is 1. The van der Waals surface area contributed by atoms with Crippen LogP contribution in [-0.2, 0) is 4.74 Å². The molecular formula is C22H37IN2O4. The van der Waals surface area contributed by atoms with Crippen molar-refractivity contribution < 1.29 is 19.1 Å². The first-order valence-electron chi connectivity index (χ1n) is 9.61. The Morgan fingerprint density at radius 3 is 1.97 bits per heavy atom. The molecule has 0 spiro atoms. The van der Waals surface area contributed by atoms with E-state index in [4.69, 9.17) is 9.47 Å². The van der Waals surface area contributed by atoms with Crippen molar-refractivity contribution in [2.45, 2.75) is 58.2 Å². The number of hydrogen-bond acceptors (Lipinski definition) is 5. The SMILES string of the molecule is CC(OC(=O)I(C)C)c1ccc(OC(=O)N(C)C(C)(C)CC(C)(C)N(C)C)cc1. The zero-order valence-corrected chi connectivity index (χ0v) is 21.7. The van der Waals surface area contributed by atoms with Crippen molar-refractivity contribution in [3.8, 4) is 5.75 Å². The van der Waals surface area contributed by atoms with Gasteiger partial charge in [0.25, 0.3) is 0 Å². The van der Waals surface area contributed by atoms with Crippen LogP contribution in [0.5, 0.6) is 5.75 Å². The molecule has 6 nitrogen and oxygen atoms in total. The fourth-order valence-electron chi connectivity index (χ4n) is 2.85. The summed E-state index contributed by atoms with van der Waals surface area (Å²) in [5, 5.41) is 0. The fourth-order valence-corrected chi connectivity index (χ4v) is 3.74. The molecule has 0 saturated heterocycles. The second kappa shape index (κ2) is 10.1. The third-order valence-electron chi connectivity index (χ3n) is 5.39. The molecule has 0 fully saturated rings. The zero-order chi connectivity index (χ0) is 22.6. The van der Waals surface area contributed by atoms with Gasteiger partial charge < -0.3 is 4.90 Å². The van der Waals surface area contributed by atoms with Gasteiger partial charge in [-0.25, -0.2) is 0 Å². The average Bonchev–Trinajstić information content (AvgIpc) is 2.60. The number of halogens is 1. The predicted octanol–water partition coefficient (Wildman–Crippen LogP) is 5.59. The van der Waals surface area contributed by atoms with Crippen molar-refractivity contribution in [3.05, 3.63) is 29.8 Å². The van der Waals surface area contributed by atoms with Crippen LogP contribution in [0.25, 0.3) is 0 Å². The number of carbonyl (C=O) groups excluding carboxylic acids is 2. The van der Waals surface area contributed by atoms with Crippen LogP contribution in [-0.4, -0.2) is 62.0 Å². The molecule has 1 aromatic rings. The molecule has 0 bridgehead atoms. The summed E-state index contributed by atoms with van der Waals surface area (Å²) in [5.41, 5.74) is 0.429. The molecular weight excluding hydrogens is 483 g/mol. The van der Waals surface area contributed by atoms with Gasteiger partial charge >= 0.3 is 145 Å². The molecule has 166 valence electrons. The Labute approximate surface area is 183 Å². The van der Waals surface area contributed by atoms with Crippen LogP contribution in [0.2, 0.25) is 0 Å². The summed E-state index contributed by atoms with van der Waals surface area (Å²) in [7, 11) is 5.84. The Hall–Kier alpha value is -1.35. The van der Waals surface area contributed by atoms with E-state index in [1.54, 1.807) is 24.1 Å². The average molecular weight is 520 g/mol. The molecule has 0 radical (unpaired) electrons. The normalized spacial score (nSPS) is 13.7. The van der Waals surface area contributed by atoms with Crippen molar-refractivity contribution >= 4 is 29.9 Å². The Bertz CT molecular complexity index is 699. The van der Waals surface area contributed by atoms with E-state index in [0.717, 1.165) is 12.0 Å². The van der Waals surface area contributed by atoms with Crippen LogP contribution in [0, 0.1) is 0 Å². The van der Waals surface area contributed by atoms with E-state index in [1.165, 1.54) is 0 Å². The predicted molar refractivity (Wildman–Crippen MR) is 127 cm³/mol. The van der Waals surface area contributed by atoms with Gasteiger partial charge in [-0.3, -0.25) is 0 Å². The first-order chi connectivity index (χ1) is 13.2. The maximum absolute atomic E-state index is 12.7. The Morgan fingerprint density at radius 2 is 1.52 bits per heavy atom. The third kappa shape index (κ3) is 7.44. The monoisotopic (exact) mass is 520 g/mol. The summed E-state index contributed by atoms with van der Waals surface area (Å²) in [4.78, 5) is 32.2. The van der Waals surface area contributed by atoms with Crippen molar-refractivity contribution in [1.29, 1.82) is 0 Å². The van der Waals surface area contributed by atoms with Gasteiger partial charge in [-0.1, -0.05) is 0 Å². The molecule has 0 aromatic heterocycles. The van der Waals surface area contributed by atoms with Gasteiger partial charge in [0.1, 0.15) is 0 Å². The van der Waals surface area contributed by atoms with Crippen molar-refractivity contribution in [2.24, 2.45) is 0 Å². The number of amides is 1. The Morgan fingerprint density at radius 1 is 1.00 bits per heavy atom. The topological polar surface area (TPSA) is 59.1 Å². The number of rotatable bonds is 8. The van der Waals surface area contributed by atoms with Crippen molar-refractivity contribution in [2.75, 3.05) is 31.0 Å².